The van der Waals surface area contributed by atoms with Gasteiger partial charge in [-0.05, 0) is 44.0 Å². The lowest BCUT2D eigenvalue weighted by Gasteiger charge is -2.46. The van der Waals surface area contributed by atoms with E-state index in [4.69, 9.17) is 11.6 Å². The molecular formula is C16H24ClFN2. The highest BCUT2D eigenvalue weighted by Gasteiger charge is 2.33. The van der Waals surface area contributed by atoms with Gasteiger partial charge in [-0.25, -0.2) is 4.39 Å². The summed E-state index contributed by atoms with van der Waals surface area (Å²) in [6.45, 7) is 9.27. The third-order valence-electron chi connectivity index (χ3n) is 4.13. The maximum absolute atomic E-state index is 13.4. The van der Waals surface area contributed by atoms with Gasteiger partial charge in [0.2, 0.25) is 0 Å². The molecule has 1 aliphatic rings. The van der Waals surface area contributed by atoms with Gasteiger partial charge >= 0.3 is 0 Å². The molecule has 1 aromatic carbocycles. The van der Waals surface area contributed by atoms with E-state index in [0.29, 0.717) is 17.6 Å². The van der Waals surface area contributed by atoms with Crippen molar-refractivity contribution < 1.29 is 4.39 Å². The van der Waals surface area contributed by atoms with Gasteiger partial charge in [-0.15, -0.1) is 0 Å². The van der Waals surface area contributed by atoms with Crippen molar-refractivity contribution in [1.29, 1.82) is 0 Å². The second-order valence-corrected chi connectivity index (χ2v) is 6.70. The third-order valence-corrected chi connectivity index (χ3v) is 4.50. The Kier molecular flexibility index (Phi) is 5.05. The van der Waals surface area contributed by atoms with Crippen molar-refractivity contribution in [2.45, 2.75) is 51.7 Å². The quantitative estimate of drug-likeness (QED) is 0.909. The number of piperazine rings is 1. The van der Waals surface area contributed by atoms with Crippen LogP contribution < -0.4 is 5.32 Å². The summed E-state index contributed by atoms with van der Waals surface area (Å²) in [5.74, 6) is -0.220. The van der Waals surface area contributed by atoms with E-state index >= 15 is 0 Å². The van der Waals surface area contributed by atoms with E-state index in [-0.39, 0.29) is 11.4 Å². The van der Waals surface area contributed by atoms with Crippen molar-refractivity contribution in [3.63, 3.8) is 0 Å². The lowest BCUT2D eigenvalue weighted by Crippen LogP contribution is -2.61. The van der Waals surface area contributed by atoms with E-state index in [1.165, 1.54) is 18.9 Å². The number of nitrogens with zero attached hydrogens (tertiary/aromatic N) is 1. The zero-order valence-electron chi connectivity index (χ0n) is 12.5. The Balaban J connectivity index is 2.13. The minimum absolute atomic E-state index is 0.0554. The molecule has 1 aromatic rings. The fourth-order valence-electron chi connectivity index (χ4n) is 2.77. The van der Waals surface area contributed by atoms with Gasteiger partial charge in [0.15, 0.2) is 0 Å². The van der Waals surface area contributed by atoms with Gasteiger partial charge in [-0.1, -0.05) is 24.9 Å². The van der Waals surface area contributed by atoms with Gasteiger partial charge in [0, 0.05) is 36.2 Å². The molecule has 0 aliphatic carbocycles. The summed E-state index contributed by atoms with van der Waals surface area (Å²) < 4.78 is 13.4. The van der Waals surface area contributed by atoms with E-state index in [1.54, 1.807) is 12.1 Å². The fraction of sp³-hybridized carbons (Fsp3) is 0.625. The molecule has 2 nitrogen and oxygen atoms in total. The zero-order chi connectivity index (χ0) is 14.8. The number of hydrogen-bond donors (Lipinski definition) is 1. The molecule has 1 fully saturated rings. The maximum Gasteiger partial charge on any atom is 0.123 e. The highest BCUT2D eigenvalue weighted by Crippen LogP contribution is 2.26. The van der Waals surface area contributed by atoms with Crippen molar-refractivity contribution in [3.05, 3.63) is 34.6 Å². The summed E-state index contributed by atoms with van der Waals surface area (Å²) in [5, 5.41) is 4.25. The normalized spacial score (nSPS) is 22.9. The molecule has 0 bridgehead atoms. The molecule has 1 heterocycles. The van der Waals surface area contributed by atoms with Crippen molar-refractivity contribution in [3.8, 4) is 0 Å². The molecule has 0 aromatic heterocycles. The molecule has 1 atom stereocenters. The molecule has 20 heavy (non-hydrogen) atoms. The highest BCUT2D eigenvalue weighted by atomic mass is 35.5. The summed E-state index contributed by atoms with van der Waals surface area (Å²) in [6, 6.07) is 5.12. The van der Waals surface area contributed by atoms with Gasteiger partial charge in [-0.3, -0.25) is 4.90 Å². The molecule has 1 saturated heterocycles. The van der Waals surface area contributed by atoms with Crippen LogP contribution in [0.15, 0.2) is 18.2 Å². The summed E-state index contributed by atoms with van der Waals surface area (Å²) in [6.07, 6.45) is 2.34. The first-order valence-corrected chi connectivity index (χ1v) is 7.72. The summed E-state index contributed by atoms with van der Waals surface area (Å²) >= 11 is 6.20. The predicted octanol–water partition coefficient (Wildman–Crippen LogP) is 3.83. The van der Waals surface area contributed by atoms with Crippen LogP contribution >= 0.6 is 11.6 Å². The smallest absolute Gasteiger partial charge is 0.123 e. The minimum Gasteiger partial charge on any atom is -0.311 e. The van der Waals surface area contributed by atoms with Gasteiger partial charge in [0.25, 0.3) is 0 Å². The third kappa shape index (κ3) is 3.72. The van der Waals surface area contributed by atoms with E-state index in [9.17, 15) is 4.39 Å². The maximum atomic E-state index is 13.4. The van der Waals surface area contributed by atoms with Crippen LogP contribution in [-0.2, 0) is 6.54 Å². The molecular weight excluding hydrogens is 275 g/mol. The minimum atomic E-state index is -0.220. The molecule has 1 aliphatic heterocycles. The molecule has 1 unspecified atom stereocenters. The first kappa shape index (κ1) is 15.7. The number of rotatable bonds is 4. The Morgan fingerprint density at radius 1 is 1.45 bits per heavy atom. The lowest BCUT2D eigenvalue weighted by atomic mass is 9.95. The zero-order valence-corrected chi connectivity index (χ0v) is 13.3. The number of hydrogen-bond acceptors (Lipinski definition) is 2. The molecule has 0 saturated carbocycles. The molecule has 1 N–H and O–H groups in total. The second-order valence-electron chi connectivity index (χ2n) is 6.30. The average molecular weight is 299 g/mol. The molecule has 2 rings (SSSR count). The van der Waals surface area contributed by atoms with Crippen LogP contribution in [0.3, 0.4) is 0 Å². The Morgan fingerprint density at radius 3 is 2.90 bits per heavy atom. The van der Waals surface area contributed by atoms with Gasteiger partial charge in [-0.2, -0.15) is 0 Å². The van der Waals surface area contributed by atoms with Crippen LogP contribution in [0.25, 0.3) is 0 Å². The van der Waals surface area contributed by atoms with Crippen LogP contribution in [0.4, 0.5) is 4.39 Å². The summed E-state index contributed by atoms with van der Waals surface area (Å²) in [7, 11) is 0. The SMILES string of the molecule is CCCC1CN(Cc2cc(F)ccc2Cl)C(C)(C)CN1. The van der Waals surface area contributed by atoms with Crippen molar-refractivity contribution >= 4 is 11.6 Å². The van der Waals surface area contributed by atoms with Gasteiger partial charge in [0.1, 0.15) is 5.82 Å². The highest BCUT2D eigenvalue weighted by molar-refractivity contribution is 6.31. The summed E-state index contributed by atoms with van der Waals surface area (Å²) in [5.41, 5.74) is 0.928. The van der Waals surface area contributed by atoms with Crippen LogP contribution in [0.5, 0.6) is 0 Å². The monoisotopic (exact) mass is 298 g/mol. The Labute approximate surface area is 126 Å². The second kappa shape index (κ2) is 6.42. The molecule has 112 valence electrons. The van der Waals surface area contributed by atoms with E-state index in [0.717, 1.165) is 18.7 Å². The van der Waals surface area contributed by atoms with Crippen LogP contribution in [0, 0.1) is 5.82 Å². The standard InChI is InChI=1S/C16H24ClFN2/c1-4-5-14-10-20(16(2,3)11-19-14)9-12-8-13(18)6-7-15(12)17/h6-8,14,19H,4-5,9-11H2,1-3H3. The van der Waals surface area contributed by atoms with E-state index in [2.05, 4.69) is 31.0 Å². The number of benzene rings is 1. The van der Waals surface area contributed by atoms with Crippen molar-refractivity contribution in [2.75, 3.05) is 13.1 Å². The topological polar surface area (TPSA) is 15.3 Å². The Bertz CT molecular complexity index is 462. The fourth-order valence-corrected chi connectivity index (χ4v) is 2.95. The number of halogens is 2. The van der Waals surface area contributed by atoms with Crippen LogP contribution in [0.2, 0.25) is 5.02 Å². The predicted molar refractivity (Wildman–Crippen MR) is 82.6 cm³/mol. The Hall–Kier alpha value is -0.640. The van der Waals surface area contributed by atoms with E-state index in [1.807, 2.05) is 0 Å². The van der Waals surface area contributed by atoms with Crippen molar-refractivity contribution in [2.24, 2.45) is 0 Å². The molecule has 0 radical (unpaired) electrons. The Morgan fingerprint density at radius 2 is 2.20 bits per heavy atom. The van der Waals surface area contributed by atoms with Gasteiger partial charge < -0.3 is 5.32 Å². The number of nitrogens with one attached hydrogen (secondary N) is 1. The first-order valence-electron chi connectivity index (χ1n) is 7.34. The molecule has 4 heteroatoms. The van der Waals surface area contributed by atoms with Crippen molar-refractivity contribution in [1.82, 2.24) is 10.2 Å². The van der Waals surface area contributed by atoms with Gasteiger partial charge in [0.05, 0.1) is 0 Å². The lowest BCUT2D eigenvalue weighted by molar-refractivity contribution is 0.0563. The van der Waals surface area contributed by atoms with Crippen LogP contribution in [0.1, 0.15) is 39.2 Å². The average Bonchev–Trinajstić information content (AvgIpc) is 2.38. The first-order chi connectivity index (χ1) is 9.42. The molecule has 0 amide bonds. The summed E-state index contributed by atoms with van der Waals surface area (Å²) in [4.78, 5) is 2.41. The van der Waals surface area contributed by atoms with Crippen LogP contribution in [-0.4, -0.2) is 29.6 Å². The van der Waals surface area contributed by atoms with E-state index < -0.39 is 0 Å². The molecule has 0 spiro atoms. The largest absolute Gasteiger partial charge is 0.311 e.